The molecule has 0 saturated heterocycles. The van der Waals surface area contributed by atoms with E-state index in [0.29, 0.717) is 18.5 Å². The highest BCUT2D eigenvalue weighted by molar-refractivity contribution is 7.12. The maximum atomic E-state index is 11.7. The molecule has 0 spiro atoms. The molecule has 1 aliphatic rings. The molecule has 4 heteroatoms. The van der Waals surface area contributed by atoms with Crippen molar-refractivity contribution < 1.29 is 4.79 Å². The van der Waals surface area contributed by atoms with Gasteiger partial charge in [-0.25, -0.2) is 0 Å². The third-order valence-electron chi connectivity index (χ3n) is 2.77. The van der Waals surface area contributed by atoms with Crippen LogP contribution in [-0.4, -0.2) is 5.78 Å². The molecule has 1 heterocycles. The Kier molecular flexibility index (Phi) is 2.80. The fraction of sp³-hybridized carbons (Fsp3) is 0.333. The molecular weight excluding hydrogens is 220 g/mol. The number of ketones is 1. The number of rotatable bonds is 1. The first-order chi connectivity index (χ1) is 7.61. The third-order valence-corrected chi connectivity index (χ3v) is 3.94. The van der Waals surface area contributed by atoms with E-state index >= 15 is 0 Å². The van der Waals surface area contributed by atoms with Gasteiger partial charge in [-0.05, 0) is 25.5 Å². The van der Waals surface area contributed by atoms with Crippen molar-refractivity contribution in [3.63, 3.8) is 0 Å². The van der Waals surface area contributed by atoms with Crippen LogP contribution in [0.25, 0.3) is 0 Å². The molecule has 0 radical (unpaired) electrons. The molecule has 0 aliphatic heterocycles. The van der Waals surface area contributed by atoms with Crippen molar-refractivity contribution in [3.05, 3.63) is 33.2 Å². The Morgan fingerprint density at radius 1 is 1.50 bits per heavy atom. The summed E-state index contributed by atoms with van der Waals surface area (Å²) in [5.41, 5.74) is 6.35. The van der Waals surface area contributed by atoms with E-state index in [1.807, 2.05) is 25.1 Å². The number of carbonyl (C=O) groups excluding carboxylic acids is 1. The van der Waals surface area contributed by atoms with Crippen molar-refractivity contribution in [1.82, 2.24) is 0 Å². The minimum Gasteiger partial charge on any atom is -0.401 e. The normalized spacial score (nSPS) is 21.0. The van der Waals surface area contributed by atoms with Crippen LogP contribution >= 0.6 is 11.3 Å². The molecule has 2 rings (SSSR count). The second-order valence-corrected chi connectivity index (χ2v) is 5.31. The Balaban J connectivity index is 2.28. The largest absolute Gasteiger partial charge is 0.401 e. The average Bonchev–Trinajstić information content (AvgIpc) is 2.64. The standard InChI is InChI=1S/C12H12N2OS/c1-7-2-3-12(16-7)8-4-10(14)9(6-13)11(15)5-8/h2-3,8H,4-5,14H2,1H3/t8-/m1/s1. The SMILES string of the molecule is Cc1ccc([C@H]2CC(=O)C(C#N)=C(N)C2)s1. The molecule has 1 atom stereocenters. The molecular formula is C12H12N2OS. The summed E-state index contributed by atoms with van der Waals surface area (Å²) in [7, 11) is 0. The first-order valence-corrected chi connectivity index (χ1v) is 5.91. The maximum Gasteiger partial charge on any atom is 0.175 e. The van der Waals surface area contributed by atoms with E-state index < -0.39 is 0 Å². The second-order valence-electron chi connectivity index (χ2n) is 3.99. The Bertz CT molecular complexity index is 507. The average molecular weight is 232 g/mol. The van der Waals surface area contributed by atoms with Crippen LogP contribution in [0.5, 0.6) is 0 Å². The van der Waals surface area contributed by atoms with Gasteiger partial charge in [0.2, 0.25) is 0 Å². The summed E-state index contributed by atoms with van der Waals surface area (Å²) in [6.45, 7) is 2.04. The molecule has 0 saturated carbocycles. The lowest BCUT2D eigenvalue weighted by atomic mass is 9.86. The zero-order chi connectivity index (χ0) is 11.7. The summed E-state index contributed by atoms with van der Waals surface area (Å²) in [6.07, 6.45) is 1.03. The monoisotopic (exact) mass is 232 g/mol. The fourth-order valence-electron chi connectivity index (χ4n) is 1.95. The first-order valence-electron chi connectivity index (χ1n) is 5.10. The number of nitriles is 1. The molecule has 0 aromatic carbocycles. The molecule has 82 valence electrons. The highest BCUT2D eigenvalue weighted by Crippen LogP contribution is 2.35. The van der Waals surface area contributed by atoms with Crippen LogP contribution in [0.3, 0.4) is 0 Å². The number of nitrogens with two attached hydrogens (primary N) is 1. The van der Waals surface area contributed by atoms with Crippen LogP contribution in [0.1, 0.15) is 28.5 Å². The van der Waals surface area contributed by atoms with Gasteiger partial charge < -0.3 is 5.73 Å². The van der Waals surface area contributed by atoms with E-state index in [4.69, 9.17) is 11.0 Å². The van der Waals surface area contributed by atoms with Gasteiger partial charge in [0, 0.05) is 27.8 Å². The first kappa shape index (κ1) is 10.9. The number of thiophene rings is 1. The Morgan fingerprint density at radius 3 is 2.75 bits per heavy atom. The molecule has 0 fully saturated rings. The van der Waals surface area contributed by atoms with Gasteiger partial charge in [0.05, 0.1) is 0 Å². The minimum absolute atomic E-state index is 0.123. The van der Waals surface area contributed by atoms with E-state index in [1.54, 1.807) is 11.3 Å². The van der Waals surface area contributed by atoms with Gasteiger partial charge in [0.15, 0.2) is 5.78 Å². The summed E-state index contributed by atoms with van der Waals surface area (Å²) < 4.78 is 0. The highest BCUT2D eigenvalue weighted by Gasteiger charge is 2.27. The van der Waals surface area contributed by atoms with Crippen molar-refractivity contribution in [2.24, 2.45) is 5.73 Å². The number of hydrogen-bond acceptors (Lipinski definition) is 4. The van der Waals surface area contributed by atoms with Gasteiger partial charge in [-0.2, -0.15) is 5.26 Å². The van der Waals surface area contributed by atoms with E-state index in [1.165, 1.54) is 9.75 Å². The second kappa shape index (κ2) is 4.11. The van der Waals surface area contributed by atoms with Gasteiger partial charge in [-0.1, -0.05) is 0 Å². The van der Waals surface area contributed by atoms with E-state index in [2.05, 4.69) is 0 Å². The van der Waals surface area contributed by atoms with Crippen LogP contribution in [0.2, 0.25) is 0 Å². The molecule has 2 N–H and O–H groups in total. The van der Waals surface area contributed by atoms with Crippen molar-refractivity contribution in [2.75, 3.05) is 0 Å². The lowest BCUT2D eigenvalue weighted by Crippen LogP contribution is -2.20. The predicted molar refractivity (Wildman–Crippen MR) is 62.9 cm³/mol. The molecule has 0 unspecified atom stereocenters. The summed E-state index contributed by atoms with van der Waals surface area (Å²) >= 11 is 1.69. The lowest BCUT2D eigenvalue weighted by molar-refractivity contribution is -0.116. The number of hydrogen-bond donors (Lipinski definition) is 1. The van der Waals surface area contributed by atoms with Gasteiger partial charge in [-0.3, -0.25) is 4.79 Å². The summed E-state index contributed by atoms with van der Waals surface area (Å²) in [4.78, 5) is 14.1. The van der Waals surface area contributed by atoms with Gasteiger partial charge in [-0.15, -0.1) is 11.3 Å². The number of carbonyl (C=O) groups is 1. The summed E-state index contributed by atoms with van der Waals surface area (Å²) in [5.74, 6) is 0.0330. The summed E-state index contributed by atoms with van der Waals surface area (Å²) in [5, 5.41) is 8.79. The van der Waals surface area contributed by atoms with Crippen molar-refractivity contribution >= 4 is 17.1 Å². The van der Waals surface area contributed by atoms with Crippen LogP contribution in [0.15, 0.2) is 23.4 Å². The Hall–Kier alpha value is -1.60. The van der Waals surface area contributed by atoms with Crippen LogP contribution in [0, 0.1) is 18.3 Å². The lowest BCUT2D eigenvalue weighted by Gasteiger charge is -2.20. The quantitative estimate of drug-likeness (QED) is 0.807. The summed E-state index contributed by atoms with van der Waals surface area (Å²) in [6, 6.07) is 5.98. The Labute approximate surface area is 98.2 Å². The molecule has 16 heavy (non-hydrogen) atoms. The highest BCUT2D eigenvalue weighted by atomic mass is 32.1. The Morgan fingerprint density at radius 2 is 2.25 bits per heavy atom. The smallest absolute Gasteiger partial charge is 0.175 e. The van der Waals surface area contributed by atoms with Crippen molar-refractivity contribution in [2.45, 2.75) is 25.7 Å². The number of aryl methyl sites for hydroxylation is 1. The van der Waals surface area contributed by atoms with E-state index in [0.717, 1.165) is 0 Å². The predicted octanol–water partition coefficient (Wildman–Crippen LogP) is 2.24. The van der Waals surface area contributed by atoms with Crippen molar-refractivity contribution in [1.29, 1.82) is 5.26 Å². The van der Waals surface area contributed by atoms with Crippen LogP contribution < -0.4 is 5.73 Å². The number of Topliss-reactive ketones (excluding diaryl/α,β-unsaturated/α-hetero) is 1. The zero-order valence-electron chi connectivity index (χ0n) is 8.99. The zero-order valence-corrected chi connectivity index (χ0v) is 9.80. The van der Waals surface area contributed by atoms with Crippen LogP contribution in [0.4, 0.5) is 0 Å². The van der Waals surface area contributed by atoms with Gasteiger partial charge in [0.1, 0.15) is 11.6 Å². The third kappa shape index (κ3) is 1.86. The van der Waals surface area contributed by atoms with E-state index in [9.17, 15) is 4.79 Å². The molecule has 1 aromatic rings. The van der Waals surface area contributed by atoms with Gasteiger partial charge in [0.25, 0.3) is 0 Å². The number of nitrogens with zero attached hydrogens (tertiary/aromatic N) is 1. The molecule has 1 aliphatic carbocycles. The van der Waals surface area contributed by atoms with Crippen LogP contribution in [-0.2, 0) is 4.79 Å². The molecule has 3 nitrogen and oxygen atoms in total. The molecule has 0 bridgehead atoms. The maximum absolute atomic E-state index is 11.7. The topological polar surface area (TPSA) is 66.9 Å². The van der Waals surface area contributed by atoms with Crippen molar-refractivity contribution in [3.8, 4) is 6.07 Å². The molecule has 0 amide bonds. The minimum atomic E-state index is -0.123. The van der Waals surface area contributed by atoms with E-state index in [-0.39, 0.29) is 17.3 Å². The molecule has 1 aromatic heterocycles. The fourth-order valence-corrected chi connectivity index (χ4v) is 2.93. The number of allylic oxidation sites excluding steroid dienone is 2. The van der Waals surface area contributed by atoms with Gasteiger partial charge >= 0.3 is 0 Å².